The van der Waals surface area contributed by atoms with Crippen molar-refractivity contribution in [3.8, 4) is 0 Å². The summed E-state index contributed by atoms with van der Waals surface area (Å²) in [5, 5.41) is 3.61. The van der Waals surface area contributed by atoms with Gasteiger partial charge in [-0.15, -0.1) is 0 Å². The van der Waals surface area contributed by atoms with E-state index in [1.165, 1.54) is 21.2 Å². The number of carbonyl (C=O) groups excluding carboxylic acids is 3. The van der Waals surface area contributed by atoms with E-state index < -0.39 is 23.0 Å². The molecule has 3 unspecified atom stereocenters. The van der Waals surface area contributed by atoms with E-state index in [0.717, 1.165) is 16.9 Å². The van der Waals surface area contributed by atoms with E-state index in [1.807, 2.05) is 18.2 Å². The number of fused-ring (bicyclic) bond motifs is 2. The second-order valence-corrected chi connectivity index (χ2v) is 12.1. The molecule has 3 aromatic carbocycles. The summed E-state index contributed by atoms with van der Waals surface area (Å²) in [4.78, 5) is 55.2. The number of nitrogens with zero attached hydrogens (tertiary/aromatic N) is 2. The summed E-state index contributed by atoms with van der Waals surface area (Å²) in [6.07, 6.45) is 0. The second kappa shape index (κ2) is 10.3. The summed E-state index contributed by atoms with van der Waals surface area (Å²) in [6, 6.07) is 22.5. The van der Waals surface area contributed by atoms with E-state index in [4.69, 9.17) is 23.2 Å². The highest BCUT2D eigenvalue weighted by Crippen LogP contribution is 2.53. The van der Waals surface area contributed by atoms with Crippen molar-refractivity contribution in [1.82, 2.24) is 4.57 Å². The molecule has 1 N–H and O–H groups in total. The fourth-order valence-corrected chi connectivity index (χ4v) is 8.02. The Balaban J connectivity index is 1.40. The molecule has 0 radical (unpaired) electrons. The van der Waals surface area contributed by atoms with E-state index in [1.54, 1.807) is 60.7 Å². The lowest BCUT2D eigenvalue weighted by atomic mass is 9.83. The van der Waals surface area contributed by atoms with Crippen LogP contribution in [0.2, 0.25) is 10.0 Å². The zero-order valence-corrected chi connectivity index (χ0v) is 23.2. The van der Waals surface area contributed by atoms with Gasteiger partial charge >= 0.3 is 4.87 Å². The third-order valence-corrected chi connectivity index (χ3v) is 9.83. The minimum atomic E-state index is -0.759. The number of hydrogen-bond donors (Lipinski definition) is 1. The molecule has 2 aliphatic rings. The molecular formula is C28H19Cl2N3O4S2. The monoisotopic (exact) mass is 595 g/mol. The number of para-hydroxylation sites is 1. The standard InChI is InChI=1S/C28H19Cl2N3O4S2/c29-16-8-6-15(7-9-16)21-22-23(26(36)33(25(22)35)19-4-2-1-3-5-19)38-27-24(21)39-28(37)32(27)14-20(34)31-18-12-10-17(30)11-13-18/h1-13,21-23H,14H2,(H,31,34). The Labute approximate surface area is 241 Å². The fraction of sp³-hybridized carbons (Fsp3) is 0.143. The van der Waals surface area contributed by atoms with Crippen LogP contribution in [0.4, 0.5) is 11.4 Å². The Morgan fingerprint density at radius 1 is 0.846 bits per heavy atom. The SMILES string of the molecule is O=C(Cn1c2c(sc1=O)C(c1ccc(Cl)cc1)C1C(=O)N(c3ccccc3)C(=O)C1S2)Nc1ccc(Cl)cc1. The quantitative estimate of drug-likeness (QED) is 0.301. The maximum Gasteiger partial charge on any atom is 0.308 e. The van der Waals surface area contributed by atoms with Gasteiger partial charge in [0.05, 0.1) is 16.6 Å². The zero-order chi connectivity index (χ0) is 27.3. The van der Waals surface area contributed by atoms with Crippen LogP contribution in [0.5, 0.6) is 0 Å². The largest absolute Gasteiger partial charge is 0.325 e. The Hall–Kier alpha value is -3.37. The Kier molecular flexibility index (Phi) is 6.84. The first-order chi connectivity index (χ1) is 18.8. The zero-order valence-electron chi connectivity index (χ0n) is 20.0. The summed E-state index contributed by atoms with van der Waals surface area (Å²) in [5.74, 6) is -2.33. The average Bonchev–Trinajstić information content (AvgIpc) is 3.37. The molecule has 1 fully saturated rings. The van der Waals surface area contributed by atoms with Crippen molar-refractivity contribution in [3.05, 3.63) is 109 Å². The lowest BCUT2D eigenvalue weighted by Crippen LogP contribution is -2.33. The van der Waals surface area contributed by atoms with Crippen molar-refractivity contribution in [1.29, 1.82) is 0 Å². The van der Waals surface area contributed by atoms with E-state index in [-0.39, 0.29) is 23.2 Å². The van der Waals surface area contributed by atoms with Crippen molar-refractivity contribution in [3.63, 3.8) is 0 Å². The highest BCUT2D eigenvalue weighted by Gasteiger charge is 2.56. The van der Waals surface area contributed by atoms with Crippen LogP contribution in [0.1, 0.15) is 16.4 Å². The van der Waals surface area contributed by atoms with E-state index in [0.29, 0.717) is 31.3 Å². The molecule has 1 saturated heterocycles. The van der Waals surface area contributed by atoms with Crippen LogP contribution < -0.4 is 15.1 Å². The number of thioether (sulfide) groups is 1. The van der Waals surface area contributed by atoms with Crippen molar-refractivity contribution >= 4 is 75.4 Å². The number of aromatic nitrogens is 1. The smallest absolute Gasteiger partial charge is 0.308 e. The molecule has 11 heteroatoms. The van der Waals surface area contributed by atoms with Crippen LogP contribution in [0.25, 0.3) is 0 Å². The first-order valence-electron chi connectivity index (χ1n) is 12.0. The molecule has 3 amide bonds. The van der Waals surface area contributed by atoms with Crippen molar-refractivity contribution < 1.29 is 14.4 Å². The van der Waals surface area contributed by atoms with Crippen molar-refractivity contribution in [2.45, 2.75) is 22.7 Å². The molecule has 1 aromatic heterocycles. The molecule has 0 aliphatic carbocycles. The van der Waals surface area contributed by atoms with Gasteiger partial charge in [-0.2, -0.15) is 0 Å². The minimum absolute atomic E-state index is 0.241. The average molecular weight is 597 g/mol. The maximum atomic E-state index is 13.8. The van der Waals surface area contributed by atoms with Gasteiger partial charge in [-0.1, -0.05) is 76.6 Å². The molecule has 7 nitrogen and oxygen atoms in total. The highest BCUT2D eigenvalue weighted by atomic mass is 35.5. The number of amides is 3. The van der Waals surface area contributed by atoms with E-state index in [2.05, 4.69) is 5.32 Å². The van der Waals surface area contributed by atoms with Gasteiger partial charge in [0, 0.05) is 26.5 Å². The van der Waals surface area contributed by atoms with Gasteiger partial charge in [0.15, 0.2) is 0 Å². The number of hydrogen-bond acceptors (Lipinski definition) is 6. The van der Waals surface area contributed by atoms with Crippen LogP contribution in [-0.4, -0.2) is 27.5 Å². The summed E-state index contributed by atoms with van der Waals surface area (Å²) >= 11 is 14.2. The molecule has 6 rings (SSSR count). The molecule has 196 valence electrons. The van der Waals surface area contributed by atoms with Crippen LogP contribution in [0.15, 0.2) is 88.7 Å². The van der Waals surface area contributed by atoms with Crippen LogP contribution >= 0.6 is 46.3 Å². The summed E-state index contributed by atoms with van der Waals surface area (Å²) in [7, 11) is 0. The number of rotatable bonds is 5. The predicted molar refractivity (Wildman–Crippen MR) is 154 cm³/mol. The van der Waals surface area contributed by atoms with Gasteiger partial charge in [0.25, 0.3) is 0 Å². The van der Waals surface area contributed by atoms with Gasteiger partial charge < -0.3 is 5.32 Å². The minimum Gasteiger partial charge on any atom is -0.325 e. The molecular weight excluding hydrogens is 577 g/mol. The molecule has 39 heavy (non-hydrogen) atoms. The molecule has 3 atom stereocenters. The molecule has 3 heterocycles. The first-order valence-corrected chi connectivity index (χ1v) is 14.4. The Bertz CT molecular complexity index is 1650. The second-order valence-electron chi connectivity index (χ2n) is 9.12. The summed E-state index contributed by atoms with van der Waals surface area (Å²) in [5.41, 5.74) is 1.81. The lowest BCUT2D eigenvalue weighted by Gasteiger charge is -2.30. The van der Waals surface area contributed by atoms with E-state index >= 15 is 0 Å². The maximum absolute atomic E-state index is 13.8. The highest BCUT2D eigenvalue weighted by molar-refractivity contribution is 8.00. The molecule has 0 spiro atoms. The number of halogens is 2. The number of thiazole rings is 1. The third-order valence-electron chi connectivity index (χ3n) is 6.72. The van der Waals surface area contributed by atoms with Crippen molar-refractivity contribution in [2.24, 2.45) is 5.92 Å². The number of carbonyl (C=O) groups is 3. The van der Waals surface area contributed by atoms with Gasteiger partial charge in [0.1, 0.15) is 11.8 Å². The molecule has 4 aromatic rings. The normalized spacial score (nSPS) is 20.1. The number of anilines is 2. The molecule has 2 aliphatic heterocycles. The van der Waals surface area contributed by atoms with Gasteiger partial charge in [0.2, 0.25) is 17.7 Å². The Morgan fingerprint density at radius 3 is 2.15 bits per heavy atom. The lowest BCUT2D eigenvalue weighted by molar-refractivity contribution is -0.122. The number of benzene rings is 3. The van der Waals surface area contributed by atoms with Crippen LogP contribution in [0, 0.1) is 5.92 Å². The van der Waals surface area contributed by atoms with E-state index in [9.17, 15) is 19.2 Å². The number of nitrogens with one attached hydrogen (secondary N) is 1. The number of imide groups is 1. The topological polar surface area (TPSA) is 88.5 Å². The van der Waals surface area contributed by atoms with Gasteiger partial charge in [-0.05, 0) is 54.1 Å². The predicted octanol–water partition coefficient (Wildman–Crippen LogP) is 5.65. The third kappa shape index (κ3) is 4.69. The summed E-state index contributed by atoms with van der Waals surface area (Å²) in [6.45, 7) is -0.241. The molecule has 0 bridgehead atoms. The van der Waals surface area contributed by atoms with Crippen LogP contribution in [0.3, 0.4) is 0 Å². The fourth-order valence-electron chi connectivity index (χ4n) is 4.99. The van der Waals surface area contributed by atoms with Crippen molar-refractivity contribution in [2.75, 3.05) is 10.2 Å². The van der Waals surface area contributed by atoms with Gasteiger partial charge in [-0.25, -0.2) is 4.90 Å². The Morgan fingerprint density at radius 2 is 1.49 bits per heavy atom. The summed E-state index contributed by atoms with van der Waals surface area (Å²) < 4.78 is 1.39. The first kappa shape index (κ1) is 25.9. The van der Waals surface area contributed by atoms with Crippen LogP contribution in [-0.2, 0) is 20.9 Å². The van der Waals surface area contributed by atoms with Gasteiger partial charge in [-0.3, -0.25) is 23.7 Å². The molecule has 0 saturated carbocycles.